The molecule has 0 bridgehead atoms. The van der Waals surface area contributed by atoms with E-state index in [9.17, 15) is 4.79 Å². The topological polar surface area (TPSA) is 75.3 Å². The molecule has 29 heavy (non-hydrogen) atoms. The van der Waals surface area contributed by atoms with Gasteiger partial charge in [0.05, 0.1) is 13.2 Å². The van der Waals surface area contributed by atoms with E-state index in [0.29, 0.717) is 55.0 Å². The summed E-state index contributed by atoms with van der Waals surface area (Å²) in [5.41, 5.74) is 1.41. The Kier molecular flexibility index (Phi) is 5.38. The van der Waals surface area contributed by atoms with E-state index in [1.165, 1.54) is 0 Å². The molecular formula is C22H25NO6. The van der Waals surface area contributed by atoms with Gasteiger partial charge in [0.1, 0.15) is 26.4 Å². The second-order valence-corrected chi connectivity index (χ2v) is 7.30. The Bertz CT molecular complexity index is 893. The van der Waals surface area contributed by atoms with Gasteiger partial charge in [-0.3, -0.25) is 4.79 Å². The zero-order chi connectivity index (χ0) is 20.4. The lowest BCUT2D eigenvalue weighted by atomic mass is 9.95. The summed E-state index contributed by atoms with van der Waals surface area (Å²) in [7, 11) is 1.54. The summed E-state index contributed by atoms with van der Waals surface area (Å²) in [4.78, 5) is 13.1. The summed E-state index contributed by atoms with van der Waals surface area (Å²) in [6, 6.07) is 8.94. The fourth-order valence-corrected chi connectivity index (χ4v) is 3.52. The van der Waals surface area contributed by atoms with Crippen molar-refractivity contribution in [2.75, 3.05) is 33.5 Å². The van der Waals surface area contributed by atoms with Crippen molar-refractivity contribution in [3.63, 3.8) is 0 Å². The van der Waals surface area contributed by atoms with Crippen LogP contribution in [0.15, 0.2) is 30.3 Å². The van der Waals surface area contributed by atoms with Crippen LogP contribution in [0.4, 0.5) is 0 Å². The third kappa shape index (κ3) is 3.90. The number of fused-ring (bicyclic) bond motifs is 2. The van der Waals surface area contributed by atoms with Gasteiger partial charge in [0, 0.05) is 5.56 Å². The van der Waals surface area contributed by atoms with Crippen LogP contribution in [0.2, 0.25) is 0 Å². The average Bonchev–Trinajstić information content (AvgIpc) is 2.75. The van der Waals surface area contributed by atoms with Crippen LogP contribution >= 0.6 is 0 Å². The zero-order valence-corrected chi connectivity index (χ0v) is 16.8. The summed E-state index contributed by atoms with van der Waals surface area (Å²) < 4.78 is 27.9. The summed E-state index contributed by atoms with van der Waals surface area (Å²) in [5, 5.41) is 3.13. The van der Waals surface area contributed by atoms with Crippen LogP contribution in [0, 0.1) is 5.92 Å². The summed E-state index contributed by atoms with van der Waals surface area (Å²) in [6.45, 7) is 6.08. The summed E-state index contributed by atoms with van der Waals surface area (Å²) in [6.07, 6.45) is 0. The number of carbonyl (C=O) groups is 1. The molecule has 2 aromatic carbocycles. The van der Waals surface area contributed by atoms with Crippen LogP contribution in [0.5, 0.6) is 28.7 Å². The van der Waals surface area contributed by atoms with Gasteiger partial charge in [-0.25, -0.2) is 0 Å². The zero-order valence-electron chi connectivity index (χ0n) is 16.8. The van der Waals surface area contributed by atoms with Crippen molar-refractivity contribution in [3.8, 4) is 28.7 Å². The Morgan fingerprint density at radius 3 is 2.34 bits per heavy atom. The minimum atomic E-state index is -0.214. The number of carbonyl (C=O) groups excluding carboxylic acids is 1. The van der Waals surface area contributed by atoms with E-state index in [1.54, 1.807) is 19.2 Å². The molecule has 1 amide bonds. The van der Waals surface area contributed by atoms with Crippen LogP contribution in [-0.2, 0) is 0 Å². The minimum absolute atomic E-state index is 0.167. The fourth-order valence-electron chi connectivity index (χ4n) is 3.52. The summed E-state index contributed by atoms with van der Waals surface area (Å²) >= 11 is 0. The molecule has 1 atom stereocenters. The van der Waals surface area contributed by atoms with Crippen molar-refractivity contribution in [2.45, 2.75) is 19.9 Å². The molecule has 0 saturated carbocycles. The molecule has 154 valence electrons. The molecule has 0 spiro atoms. The predicted molar refractivity (Wildman–Crippen MR) is 106 cm³/mol. The number of ether oxygens (including phenoxy) is 5. The normalized spacial score (nSPS) is 15.6. The molecule has 2 heterocycles. The molecule has 1 unspecified atom stereocenters. The lowest BCUT2D eigenvalue weighted by Gasteiger charge is -2.26. The first-order valence-electron chi connectivity index (χ1n) is 9.75. The van der Waals surface area contributed by atoms with Crippen LogP contribution < -0.4 is 29.0 Å². The molecule has 0 aliphatic carbocycles. The monoisotopic (exact) mass is 399 g/mol. The van der Waals surface area contributed by atoms with E-state index in [1.807, 2.05) is 18.2 Å². The van der Waals surface area contributed by atoms with Gasteiger partial charge in [-0.1, -0.05) is 19.9 Å². The van der Waals surface area contributed by atoms with Crippen molar-refractivity contribution < 1.29 is 28.5 Å². The van der Waals surface area contributed by atoms with E-state index >= 15 is 0 Å². The SMILES string of the molecule is COc1cc(C(=O)NC(c2ccc3c(c2)OCCO3)C(C)C)cc2c1OCCO2. The van der Waals surface area contributed by atoms with Gasteiger partial charge in [0.2, 0.25) is 5.75 Å². The van der Waals surface area contributed by atoms with Gasteiger partial charge in [-0.05, 0) is 35.7 Å². The first kappa shape index (κ1) is 19.2. The third-order valence-electron chi connectivity index (χ3n) is 4.97. The molecule has 0 fully saturated rings. The van der Waals surface area contributed by atoms with Crippen LogP contribution in [0.25, 0.3) is 0 Å². The van der Waals surface area contributed by atoms with Gasteiger partial charge < -0.3 is 29.0 Å². The number of amides is 1. The second-order valence-electron chi connectivity index (χ2n) is 7.30. The lowest BCUT2D eigenvalue weighted by molar-refractivity contribution is 0.0923. The van der Waals surface area contributed by atoms with Crippen molar-refractivity contribution >= 4 is 5.91 Å². The molecule has 0 radical (unpaired) electrons. The first-order valence-corrected chi connectivity index (χ1v) is 9.75. The molecule has 4 rings (SSSR count). The van der Waals surface area contributed by atoms with Gasteiger partial charge in [0.15, 0.2) is 23.0 Å². The Hall–Kier alpha value is -3.09. The number of methoxy groups -OCH3 is 1. The quantitative estimate of drug-likeness (QED) is 0.831. The van der Waals surface area contributed by atoms with Crippen LogP contribution in [-0.4, -0.2) is 39.4 Å². The van der Waals surface area contributed by atoms with E-state index in [2.05, 4.69) is 19.2 Å². The van der Waals surface area contributed by atoms with E-state index in [4.69, 9.17) is 23.7 Å². The Morgan fingerprint density at radius 2 is 1.62 bits per heavy atom. The molecule has 0 saturated heterocycles. The van der Waals surface area contributed by atoms with Crippen molar-refractivity contribution in [1.29, 1.82) is 0 Å². The number of rotatable bonds is 5. The van der Waals surface area contributed by atoms with Crippen molar-refractivity contribution in [2.24, 2.45) is 5.92 Å². The van der Waals surface area contributed by atoms with Crippen molar-refractivity contribution in [3.05, 3.63) is 41.5 Å². The highest BCUT2D eigenvalue weighted by Crippen LogP contribution is 2.40. The fraction of sp³-hybridized carbons (Fsp3) is 0.409. The molecule has 2 aromatic rings. The third-order valence-corrected chi connectivity index (χ3v) is 4.97. The molecule has 0 aromatic heterocycles. The maximum atomic E-state index is 13.1. The maximum Gasteiger partial charge on any atom is 0.252 e. The maximum absolute atomic E-state index is 13.1. The smallest absolute Gasteiger partial charge is 0.252 e. The summed E-state index contributed by atoms with van der Waals surface area (Å²) in [5.74, 6) is 2.91. The van der Waals surface area contributed by atoms with Crippen molar-refractivity contribution in [1.82, 2.24) is 5.32 Å². The second kappa shape index (κ2) is 8.11. The van der Waals surface area contributed by atoms with Gasteiger partial charge in [0.25, 0.3) is 5.91 Å². The highest BCUT2D eigenvalue weighted by Gasteiger charge is 2.25. The predicted octanol–water partition coefficient (Wildman–Crippen LogP) is 3.36. The molecule has 2 aliphatic rings. The number of hydrogen-bond donors (Lipinski definition) is 1. The molecule has 7 nitrogen and oxygen atoms in total. The van der Waals surface area contributed by atoms with Gasteiger partial charge in [-0.2, -0.15) is 0 Å². The lowest BCUT2D eigenvalue weighted by Crippen LogP contribution is -2.32. The Morgan fingerprint density at radius 1 is 0.931 bits per heavy atom. The number of hydrogen-bond acceptors (Lipinski definition) is 6. The standard InChI is InChI=1S/C22H25NO6/c1-13(2)20(14-4-5-16-17(10-14)27-7-6-26-16)23-22(24)15-11-18(25-3)21-19(12-15)28-8-9-29-21/h4-5,10-13,20H,6-9H2,1-3H3,(H,23,24). The molecule has 1 N–H and O–H groups in total. The van der Waals surface area contributed by atoms with E-state index < -0.39 is 0 Å². The average molecular weight is 399 g/mol. The number of benzene rings is 2. The largest absolute Gasteiger partial charge is 0.493 e. The Labute approximate surface area is 169 Å². The van der Waals surface area contributed by atoms with Crippen LogP contribution in [0.3, 0.4) is 0 Å². The van der Waals surface area contributed by atoms with Gasteiger partial charge >= 0.3 is 0 Å². The van der Waals surface area contributed by atoms with E-state index in [0.717, 1.165) is 11.3 Å². The molecule has 7 heteroatoms. The first-order chi connectivity index (χ1) is 14.1. The van der Waals surface area contributed by atoms with E-state index in [-0.39, 0.29) is 17.9 Å². The number of nitrogens with one attached hydrogen (secondary N) is 1. The highest BCUT2D eigenvalue weighted by molar-refractivity contribution is 5.96. The van der Waals surface area contributed by atoms with Gasteiger partial charge in [-0.15, -0.1) is 0 Å². The Balaban J connectivity index is 1.60. The minimum Gasteiger partial charge on any atom is -0.493 e. The molecule has 2 aliphatic heterocycles. The molecular weight excluding hydrogens is 374 g/mol. The highest BCUT2D eigenvalue weighted by atomic mass is 16.6. The van der Waals surface area contributed by atoms with Crippen LogP contribution in [0.1, 0.15) is 35.8 Å².